The van der Waals surface area contributed by atoms with Crippen LogP contribution in [0.15, 0.2) is 53.0 Å². The maximum absolute atomic E-state index is 12.9. The smallest absolute Gasteiger partial charge is 0.407 e. The zero-order valence-corrected chi connectivity index (χ0v) is 28.3. The highest BCUT2D eigenvalue weighted by Crippen LogP contribution is 2.26. The minimum atomic E-state index is -0.673. The van der Waals surface area contributed by atoms with Gasteiger partial charge >= 0.3 is 18.0 Å². The van der Waals surface area contributed by atoms with E-state index in [1.165, 1.54) is 17.4 Å². The lowest BCUT2D eigenvalue weighted by molar-refractivity contribution is -0.148. The molecule has 1 N–H and O–H groups in total. The molecule has 2 heterocycles. The molecular formula is C34H50N2O7S. The van der Waals surface area contributed by atoms with Crippen molar-refractivity contribution in [1.29, 1.82) is 0 Å². The highest BCUT2D eigenvalue weighted by Gasteiger charge is 2.26. The first-order valence-corrected chi connectivity index (χ1v) is 16.1. The number of esters is 2. The van der Waals surface area contributed by atoms with Crippen LogP contribution in [0.2, 0.25) is 0 Å². The molecule has 1 aromatic rings. The highest BCUT2D eigenvalue weighted by molar-refractivity contribution is 7.09. The van der Waals surface area contributed by atoms with Crippen molar-refractivity contribution in [2.45, 2.75) is 117 Å². The largest absolute Gasteiger partial charge is 0.462 e. The Bertz CT molecular complexity index is 1210. The average Bonchev–Trinajstić information content (AvgIpc) is 3.35. The first-order valence-electron chi connectivity index (χ1n) is 15.3. The molecule has 1 amide bonds. The first kappa shape index (κ1) is 36.9. The molecule has 0 aromatic carbocycles. The van der Waals surface area contributed by atoms with E-state index in [1.54, 1.807) is 40.0 Å². The Hall–Kier alpha value is -3.24. The van der Waals surface area contributed by atoms with Crippen molar-refractivity contribution in [1.82, 2.24) is 10.3 Å². The van der Waals surface area contributed by atoms with Gasteiger partial charge in [0.25, 0.3) is 0 Å². The van der Waals surface area contributed by atoms with Crippen molar-refractivity contribution in [3.63, 3.8) is 0 Å². The van der Waals surface area contributed by atoms with Gasteiger partial charge in [0.05, 0.1) is 17.1 Å². The number of carbonyl (C=O) groups excluding carboxylic acids is 3. The fraction of sp³-hybridized carbons (Fsp3) is 0.588. The summed E-state index contributed by atoms with van der Waals surface area (Å²) in [7, 11) is 1.69. The molecule has 0 saturated heterocycles. The molecule has 1 aliphatic rings. The highest BCUT2D eigenvalue weighted by atomic mass is 32.1. The van der Waals surface area contributed by atoms with E-state index in [2.05, 4.69) is 11.4 Å². The molecule has 44 heavy (non-hydrogen) atoms. The molecule has 1 aliphatic heterocycles. The van der Waals surface area contributed by atoms with Gasteiger partial charge in [0.2, 0.25) is 0 Å². The van der Waals surface area contributed by atoms with Crippen molar-refractivity contribution in [3.8, 4) is 0 Å². The summed E-state index contributed by atoms with van der Waals surface area (Å²) in [6.45, 7) is 13.8. The second kappa shape index (κ2) is 18.5. The van der Waals surface area contributed by atoms with Crippen LogP contribution in [0.5, 0.6) is 0 Å². The van der Waals surface area contributed by atoms with E-state index in [-0.39, 0.29) is 18.4 Å². The molecular weight excluding hydrogens is 580 g/mol. The molecule has 0 radical (unpaired) electrons. The predicted molar refractivity (Wildman–Crippen MR) is 174 cm³/mol. The van der Waals surface area contributed by atoms with Gasteiger partial charge in [0.1, 0.15) is 17.8 Å². The van der Waals surface area contributed by atoms with Gasteiger partial charge in [-0.25, -0.2) is 14.6 Å². The van der Waals surface area contributed by atoms with Crippen LogP contribution in [0.3, 0.4) is 0 Å². The standard InChI is InChI=1S/C34H50N2O7S/c1-23-14-12-15-31(37)42-28(18-24(2)13-10-9-11-16-40-8)21-30-36-29(22-44-30)25(3)19-27(20-32(38)41-26(4)17-23)35-33(39)43-34(5,6)7/h10,12-15,18,22,25-28H,9,11,16-17,19-21H2,1-8H3,(H,35,39)/b13-10+,15-12-,23-14+,24-18+/t25-,26-,27+,28+/m0/s1. The molecule has 2 bridgehead atoms. The molecule has 244 valence electrons. The third kappa shape index (κ3) is 15.5. The van der Waals surface area contributed by atoms with E-state index >= 15 is 0 Å². The molecule has 0 fully saturated rings. The van der Waals surface area contributed by atoms with Crippen LogP contribution in [-0.2, 0) is 35.0 Å². The zero-order chi connectivity index (χ0) is 32.7. The zero-order valence-electron chi connectivity index (χ0n) is 27.5. The lowest BCUT2D eigenvalue weighted by Gasteiger charge is -2.25. The Balaban J connectivity index is 2.34. The van der Waals surface area contributed by atoms with Gasteiger partial charge in [-0.05, 0) is 66.9 Å². The molecule has 2 rings (SSSR count). The number of nitrogens with zero attached hydrogens (tertiary/aromatic N) is 1. The summed E-state index contributed by atoms with van der Waals surface area (Å²) in [5.74, 6) is -0.938. The number of alkyl carbamates (subject to hydrolysis) is 1. The van der Waals surface area contributed by atoms with Crippen LogP contribution in [0.4, 0.5) is 4.79 Å². The summed E-state index contributed by atoms with van der Waals surface area (Å²) >= 11 is 1.49. The summed E-state index contributed by atoms with van der Waals surface area (Å²) < 4.78 is 22.1. The lowest BCUT2D eigenvalue weighted by atomic mass is 9.97. The molecule has 4 atom stereocenters. The maximum atomic E-state index is 12.9. The second-order valence-electron chi connectivity index (χ2n) is 12.4. The Morgan fingerprint density at radius 2 is 1.93 bits per heavy atom. The summed E-state index contributed by atoms with van der Waals surface area (Å²) in [6.07, 6.45) is 12.6. The normalized spacial score (nSPS) is 25.1. The number of fused-ring (bicyclic) bond motifs is 2. The number of ether oxygens (including phenoxy) is 4. The monoisotopic (exact) mass is 630 g/mol. The molecule has 10 heteroatoms. The van der Waals surface area contributed by atoms with Gasteiger partial charge < -0.3 is 24.3 Å². The number of rotatable bonds is 7. The minimum Gasteiger partial charge on any atom is -0.462 e. The lowest BCUT2D eigenvalue weighted by Crippen LogP contribution is -2.41. The van der Waals surface area contributed by atoms with E-state index in [9.17, 15) is 14.4 Å². The van der Waals surface area contributed by atoms with E-state index in [0.717, 1.165) is 34.7 Å². The number of amides is 1. The average molecular weight is 631 g/mol. The number of carbonyl (C=O) groups is 3. The van der Waals surface area contributed by atoms with E-state index < -0.39 is 35.8 Å². The topological polar surface area (TPSA) is 113 Å². The van der Waals surface area contributed by atoms with Gasteiger partial charge in [-0.1, -0.05) is 42.4 Å². The maximum Gasteiger partial charge on any atom is 0.407 e. The second-order valence-corrected chi connectivity index (χ2v) is 13.3. The van der Waals surface area contributed by atoms with Gasteiger partial charge in [-0.3, -0.25) is 4.79 Å². The van der Waals surface area contributed by atoms with Crippen LogP contribution in [0, 0.1) is 0 Å². The van der Waals surface area contributed by atoms with Crippen molar-refractivity contribution in [3.05, 3.63) is 63.7 Å². The molecule has 0 unspecified atom stereocenters. The SMILES string of the molecule is COCCC/C=C/C(C)=C/[C@@H]1Cc2nc(cs2)[C@@H](C)C[C@@H](NC(=O)OC(C)(C)C)CC(=O)O[C@@H](C)C/C(C)=C/C=C\C(=O)O1. The van der Waals surface area contributed by atoms with Crippen LogP contribution in [0.25, 0.3) is 0 Å². The Kier molecular flexibility index (Phi) is 15.6. The summed E-state index contributed by atoms with van der Waals surface area (Å²) in [4.78, 5) is 43.1. The number of thiazole rings is 1. The third-order valence-corrected chi connectivity index (χ3v) is 7.48. The fourth-order valence-corrected chi connectivity index (χ4v) is 5.61. The number of unbranched alkanes of at least 4 members (excludes halogenated alkanes) is 1. The first-order chi connectivity index (χ1) is 20.7. The molecule has 1 aromatic heterocycles. The number of hydrogen-bond acceptors (Lipinski definition) is 9. The fourth-order valence-electron chi connectivity index (χ4n) is 4.65. The Morgan fingerprint density at radius 1 is 1.18 bits per heavy atom. The minimum absolute atomic E-state index is 0.00105. The Labute approximate surface area is 266 Å². The van der Waals surface area contributed by atoms with E-state index in [4.69, 9.17) is 23.9 Å². The Morgan fingerprint density at radius 3 is 2.64 bits per heavy atom. The quantitative estimate of drug-likeness (QED) is 0.146. The molecule has 9 nitrogen and oxygen atoms in total. The van der Waals surface area contributed by atoms with Crippen LogP contribution >= 0.6 is 11.3 Å². The number of nitrogens with one attached hydrogen (secondary N) is 1. The van der Waals surface area contributed by atoms with Crippen LogP contribution in [-0.4, -0.2) is 60.6 Å². The van der Waals surface area contributed by atoms with E-state index in [1.807, 2.05) is 45.2 Å². The summed E-state index contributed by atoms with van der Waals surface area (Å²) in [5.41, 5.74) is 2.08. The number of aromatic nitrogens is 1. The van der Waals surface area contributed by atoms with Crippen molar-refractivity contribution in [2.75, 3.05) is 13.7 Å². The number of methoxy groups -OCH3 is 1. The van der Waals surface area contributed by atoms with Crippen molar-refractivity contribution < 1.29 is 33.3 Å². The van der Waals surface area contributed by atoms with Crippen LogP contribution in [0.1, 0.15) is 97.2 Å². The van der Waals surface area contributed by atoms with Crippen molar-refractivity contribution >= 4 is 29.4 Å². The molecule has 0 spiro atoms. The third-order valence-electron chi connectivity index (χ3n) is 6.59. The molecule has 0 aliphatic carbocycles. The number of allylic oxidation sites excluding steroid dienone is 5. The van der Waals surface area contributed by atoms with E-state index in [0.29, 0.717) is 25.9 Å². The van der Waals surface area contributed by atoms with Gasteiger partial charge in [-0.2, -0.15) is 0 Å². The number of hydrogen-bond donors (Lipinski definition) is 1. The van der Waals surface area contributed by atoms with Crippen LogP contribution < -0.4 is 5.32 Å². The number of cyclic esters (lactones) is 2. The van der Waals surface area contributed by atoms with Gasteiger partial charge in [0, 0.05) is 50.0 Å². The summed E-state index contributed by atoms with van der Waals surface area (Å²) in [6, 6.07) is -0.513. The van der Waals surface area contributed by atoms with Gasteiger partial charge in [-0.15, -0.1) is 11.3 Å². The van der Waals surface area contributed by atoms with Gasteiger partial charge in [0.15, 0.2) is 0 Å². The summed E-state index contributed by atoms with van der Waals surface area (Å²) in [5, 5.41) is 5.66. The molecule has 0 saturated carbocycles. The van der Waals surface area contributed by atoms with Crippen molar-refractivity contribution in [2.24, 2.45) is 0 Å². The predicted octanol–water partition coefficient (Wildman–Crippen LogP) is 7.14.